The molecule has 0 saturated carbocycles. The zero-order valence-corrected chi connectivity index (χ0v) is 8.14. The van der Waals surface area contributed by atoms with E-state index in [1.54, 1.807) is 23.5 Å². The second kappa shape index (κ2) is 3.63. The number of hydrogen-bond acceptors (Lipinski definition) is 4. The van der Waals surface area contributed by atoms with Crippen LogP contribution >= 0.6 is 0 Å². The number of hydrogen-bond donors (Lipinski definition) is 1. The molecule has 2 rings (SSSR count). The Morgan fingerprint density at radius 3 is 2.93 bits per heavy atom. The van der Waals surface area contributed by atoms with Crippen molar-refractivity contribution in [2.45, 2.75) is 6.04 Å². The van der Waals surface area contributed by atoms with E-state index in [1.807, 2.05) is 20.2 Å². The van der Waals surface area contributed by atoms with Gasteiger partial charge in [-0.15, -0.1) is 0 Å². The number of rotatable bonds is 3. The maximum absolute atomic E-state index is 5.04. The van der Waals surface area contributed by atoms with Gasteiger partial charge in [-0.25, -0.2) is 4.98 Å². The summed E-state index contributed by atoms with van der Waals surface area (Å²) in [5.41, 5.74) is 1.05. The zero-order valence-electron chi connectivity index (χ0n) is 8.14. The summed E-state index contributed by atoms with van der Waals surface area (Å²) < 4.78 is 6.78. The lowest BCUT2D eigenvalue weighted by molar-refractivity contribution is 0.546. The van der Waals surface area contributed by atoms with Crippen LogP contribution < -0.4 is 5.32 Å². The molecule has 14 heavy (non-hydrogen) atoms. The van der Waals surface area contributed by atoms with Crippen molar-refractivity contribution in [1.29, 1.82) is 0 Å². The lowest BCUT2D eigenvalue weighted by Crippen LogP contribution is -2.21. The molecule has 1 atom stereocenters. The fourth-order valence-electron chi connectivity index (χ4n) is 1.45. The molecular formula is C9H12N4O. The minimum absolute atomic E-state index is 0.0289. The molecule has 0 radical (unpaired) electrons. The van der Waals surface area contributed by atoms with Crippen LogP contribution in [0.3, 0.4) is 0 Å². The van der Waals surface area contributed by atoms with E-state index < -0.39 is 0 Å². The summed E-state index contributed by atoms with van der Waals surface area (Å²) in [5, 5.41) is 7.19. The summed E-state index contributed by atoms with van der Waals surface area (Å²) in [5.74, 6) is 0.869. The van der Waals surface area contributed by atoms with Crippen LogP contribution in [0.15, 0.2) is 29.3 Å². The molecule has 2 aromatic heterocycles. The maximum atomic E-state index is 5.04. The smallest absolute Gasteiger partial charge is 0.148 e. The minimum Gasteiger partial charge on any atom is -0.472 e. The van der Waals surface area contributed by atoms with E-state index >= 15 is 0 Å². The molecule has 1 unspecified atom stereocenters. The van der Waals surface area contributed by atoms with Crippen molar-refractivity contribution in [1.82, 2.24) is 20.1 Å². The molecule has 0 fully saturated rings. The molecule has 5 heteroatoms. The van der Waals surface area contributed by atoms with Crippen molar-refractivity contribution >= 4 is 0 Å². The highest BCUT2D eigenvalue weighted by molar-refractivity contribution is 5.19. The highest BCUT2D eigenvalue weighted by Crippen LogP contribution is 2.18. The van der Waals surface area contributed by atoms with Gasteiger partial charge in [-0.1, -0.05) is 0 Å². The fraction of sp³-hybridized carbons (Fsp3) is 0.333. The first-order chi connectivity index (χ1) is 6.83. The molecule has 0 amide bonds. The summed E-state index contributed by atoms with van der Waals surface area (Å²) in [7, 11) is 3.75. The molecule has 5 nitrogen and oxygen atoms in total. The van der Waals surface area contributed by atoms with E-state index in [2.05, 4.69) is 15.4 Å². The van der Waals surface area contributed by atoms with Gasteiger partial charge in [0.05, 0.1) is 18.6 Å². The molecule has 2 heterocycles. The van der Waals surface area contributed by atoms with Crippen molar-refractivity contribution in [3.8, 4) is 0 Å². The van der Waals surface area contributed by atoms with Crippen LogP contribution in [0.5, 0.6) is 0 Å². The molecule has 0 aliphatic carbocycles. The third-order valence-electron chi connectivity index (χ3n) is 2.17. The summed E-state index contributed by atoms with van der Waals surface area (Å²) in [6.07, 6.45) is 4.89. The summed E-state index contributed by atoms with van der Waals surface area (Å²) >= 11 is 0. The predicted octanol–water partition coefficient (Wildman–Crippen LogP) is 0.717. The van der Waals surface area contributed by atoms with Gasteiger partial charge in [-0.3, -0.25) is 4.68 Å². The highest BCUT2D eigenvalue weighted by Gasteiger charge is 2.17. The maximum Gasteiger partial charge on any atom is 0.148 e. The SMILES string of the molecule is CNC(c1ccoc1)c1ncnn1C. The van der Waals surface area contributed by atoms with Gasteiger partial charge in [0.15, 0.2) is 0 Å². The normalized spacial score (nSPS) is 13.0. The second-order valence-electron chi connectivity index (χ2n) is 3.02. The lowest BCUT2D eigenvalue weighted by Gasteiger charge is -2.12. The van der Waals surface area contributed by atoms with Crippen LogP contribution in [-0.2, 0) is 7.05 Å². The molecule has 2 aromatic rings. The van der Waals surface area contributed by atoms with E-state index in [-0.39, 0.29) is 6.04 Å². The Morgan fingerprint density at radius 1 is 1.57 bits per heavy atom. The number of aromatic nitrogens is 3. The summed E-state index contributed by atoms with van der Waals surface area (Å²) in [6, 6.07) is 1.94. The minimum atomic E-state index is 0.0289. The van der Waals surface area contributed by atoms with Crippen molar-refractivity contribution in [3.63, 3.8) is 0 Å². The average molecular weight is 192 g/mol. The summed E-state index contributed by atoms with van der Waals surface area (Å²) in [6.45, 7) is 0. The Bertz CT molecular complexity index is 393. The molecule has 0 spiro atoms. The molecule has 1 N–H and O–H groups in total. The van der Waals surface area contributed by atoms with Crippen molar-refractivity contribution < 1.29 is 4.42 Å². The van der Waals surface area contributed by atoms with Gasteiger partial charge in [0, 0.05) is 12.6 Å². The van der Waals surface area contributed by atoms with E-state index in [0.29, 0.717) is 0 Å². The number of nitrogens with one attached hydrogen (secondary N) is 1. The quantitative estimate of drug-likeness (QED) is 0.778. The van der Waals surface area contributed by atoms with Crippen LogP contribution in [-0.4, -0.2) is 21.8 Å². The topological polar surface area (TPSA) is 55.9 Å². The zero-order chi connectivity index (χ0) is 9.97. The number of furan rings is 1. The van der Waals surface area contributed by atoms with E-state index in [0.717, 1.165) is 11.4 Å². The van der Waals surface area contributed by atoms with Crippen molar-refractivity contribution in [3.05, 3.63) is 36.3 Å². The Morgan fingerprint density at radius 2 is 2.43 bits per heavy atom. The van der Waals surface area contributed by atoms with Crippen molar-refractivity contribution in [2.24, 2.45) is 7.05 Å². The fourth-order valence-corrected chi connectivity index (χ4v) is 1.45. The van der Waals surface area contributed by atoms with Gasteiger partial charge >= 0.3 is 0 Å². The number of aryl methyl sites for hydroxylation is 1. The first kappa shape index (κ1) is 8.96. The Kier molecular flexibility index (Phi) is 2.32. The van der Waals surface area contributed by atoms with Crippen LogP contribution in [0.25, 0.3) is 0 Å². The van der Waals surface area contributed by atoms with Gasteiger partial charge in [0.1, 0.15) is 12.2 Å². The largest absolute Gasteiger partial charge is 0.472 e. The molecule has 0 saturated heterocycles. The first-order valence-electron chi connectivity index (χ1n) is 4.36. The molecular weight excluding hydrogens is 180 g/mol. The van der Waals surface area contributed by atoms with Crippen LogP contribution in [0.2, 0.25) is 0 Å². The highest BCUT2D eigenvalue weighted by atomic mass is 16.3. The van der Waals surface area contributed by atoms with Gasteiger partial charge in [0.2, 0.25) is 0 Å². The number of nitrogens with zero attached hydrogens (tertiary/aromatic N) is 3. The van der Waals surface area contributed by atoms with Gasteiger partial charge in [-0.05, 0) is 13.1 Å². The third kappa shape index (κ3) is 1.42. The third-order valence-corrected chi connectivity index (χ3v) is 2.17. The first-order valence-corrected chi connectivity index (χ1v) is 4.36. The molecule has 0 aliphatic heterocycles. The molecule has 0 aliphatic rings. The second-order valence-corrected chi connectivity index (χ2v) is 3.02. The van der Waals surface area contributed by atoms with Gasteiger partial charge in [0.25, 0.3) is 0 Å². The molecule has 74 valence electrons. The molecule has 0 aromatic carbocycles. The van der Waals surface area contributed by atoms with Gasteiger partial charge in [-0.2, -0.15) is 5.10 Å². The van der Waals surface area contributed by atoms with Crippen molar-refractivity contribution in [2.75, 3.05) is 7.05 Å². The van der Waals surface area contributed by atoms with Crippen LogP contribution in [0.4, 0.5) is 0 Å². The average Bonchev–Trinajstić information content (AvgIpc) is 2.80. The van der Waals surface area contributed by atoms with Crippen LogP contribution in [0, 0.1) is 0 Å². The Labute approximate surface area is 81.8 Å². The van der Waals surface area contributed by atoms with E-state index in [4.69, 9.17) is 4.42 Å². The standard InChI is InChI=1S/C9H12N4O/c1-10-8(7-3-4-14-5-7)9-11-6-12-13(9)2/h3-6,8,10H,1-2H3. The van der Waals surface area contributed by atoms with E-state index in [9.17, 15) is 0 Å². The molecule has 0 bridgehead atoms. The van der Waals surface area contributed by atoms with E-state index in [1.165, 1.54) is 0 Å². The predicted molar refractivity (Wildman–Crippen MR) is 50.6 cm³/mol. The lowest BCUT2D eigenvalue weighted by atomic mass is 10.1. The monoisotopic (exact) mass is 192 g/mol. The summed E-state index contributed by atoms with van der Waals surface area (Å²) in [4.78, 5) is 4.19. The Balaban J connectivity index is 2.36. The van der Waals surface area contributed by atoms with Gasteiger partial charge < -0.3 is 9.73 Å². The van der Waals surface area contributed by atoms with Crippen LogP contribution in [0.1, 0.15) is 17.4 Å². The Hall–Kier alpha value is -1.62.